The maximum absolute atomic E-state index is 13.9. The summed E-state index contributed by atoms with van der Waals surface area (Å²) in [5.74, 6) is -0.230. The fraction of sp³-hybridized carbons (Fsp3) is 0.375. The van der Waals surface area contributed by atoms with E-state index in [9.17, 15) is 23.5 Å². The molecule has 1 amide bonds. The van der Waals surface area contributed by atoms with E-state index in [0.29, 0.717) is 45.8 Å². The normalized spacial score (nSPS) is 19.6. The quantitative estimate of drug-likeness (QED) is 0.127. The second-order valence-corrected chi connectivity index (χ2v) is 14.7. The monoisotopic (exact) mass is 782 g/mol. The van der Waals surface area contributed by atoms with Gasteiger partial charge in [0.2, 0.25) is 0 Å². The first kappa shape index (κ1) is 37.7. The number of esters is 1. The molecule has 14 heteroatoms. The van der Waals surface area contributed by atoms with Crippen molar-refractivity contribution in [3.8, 4) is 17.2 Å². The highest BCUT2D eigenvalue weighted by Gasteiger charge is 2.38. The predicted molar refractivity (Wildman–Crippen MR) is 196 cm³/mol. The zero-order chi connectivity index (χ0) is 37.8. The molecule has 1 aromatic heterocycles. The summed E-state index contributed by atoms with van der Waals surface area (Å²) in [6.07, 6.45) is 5.18. The Balaban J connectivity index is 1.15. The van der Waals surface area contributed by atoms with Crippen LogP contribution in [0.4, 0.5) is 19.3 Å². The first-order valence-corrected chi connectivity index (χ1v) is 18.7. The molecule has 2 bridgehead atoms. The molecule has 4 fully saturated rings. The van der Waals surface area contributed by atoms with Gasteiger partial charge in [0.05, 0.1) is 24.4 Å². The van der Waals surface area contributed by atoms with Crippen LogP contribution in [0.5, 0.6) is 17.2 Å². The minimum absolute atomic E-state index is 0.0128. The van der Waals surface area contributed by atoms with Crippen LogP contribution in [0.15, 0.2) is 79.1 Å². The lowest BCUT2D eigenvalue weighted by atomic mass is 9.86. The van der Waals surface area contributed by atoms with Crippen LogP contribution < -0.4 is 19.4 Å². The zero-order valence-electron chi connectivity index (χ0n) is 29.3. The van der Waals surface area contributed by atoms with Crippen LogP contribution in [0.3, 0.4) is 0 Å². The van der Waals surface area contributed by atoms with Crippen LogP contribution in [0.2, 0.25) is 10.0 Å². The van der Waals surface area contributed by atoms with E-state index in [2.05, 4.69) is 9.88 Å². The number of carbonyl (C=O) groups excluding carboxylic acids is 2. The van der Waals surface area contributed by atoms with Crippen molar-refractivity contribution in [3.05, 3.63) is 111 Å². The van der Waals surface area contributed by atoms with Crippen LogP contribution in [-0.4, -0.2) is 61.0 Å². The van der Waals surface area contributed by atoms with E-state index in [1.54, 1.807) is 54.9 Å². The van der Waals surface area contributed by atoms with Crippen LogP contribution in [0, 0.1) is 11.8 Å². The summed E-state index contributed by atoms with van der Waals surface area (Å²) in [4.78, 5) is 34.2. The topological polar surface area (TPSA) is 112 Å². The predicted octanol–water partition coefficient (Wildman–Crippen LogP) is 8.28. The molecule has 10 nitrogen and oxygen atoms in total. The molecule has 3 saturated heterocycles. The van der Waals surface area contributed by atoms with Crippen molar-refractivity contribution in [2.24, 2.45) is 11.8 Å². The Hall–Kier alpha value is -4.65. The minimum Gasteiger partial charge on any atom is -0.506 e. The van der Waals surface area contributed by atoms with E-state index >= 15 is 0 Å². The molecule has 4 heterocycles. The van der Waals surface area contributed by atoms with Gasteiger partial charge in [0.1, 0.15) is 28.0 Å². The van der Waals surface area contributed by atoms with Gasteiger partial charge in [-0.3, -0.25) is 9.80 Å². The lowest BCUT2D eigenvalue weighted by molar-refractivity contribution is -0.377. The number of fused-ring (bicyclic) bond motifs is 3. The first-order valence-electron chi connectivity index (χ1n) is 17.9. The average Bonchev–Trinajstić information content (AvgIpc) is 4.00. The molecule has 0 radical (unpaired) electrons. The number of ether oxygens (including phenoxy) is 4. The maximum Gasteiger partial charge on any atom is 0.415 e. The number of para-hydroxylation sites is 2. The molecular formula is C40H40Cl2F2N3O7+. The SMILES string of the molecule is O=C(O[C@@H](Cc1c(Cl)c[nH+]cc1Cl)c1ccc(OC(F)F)c(OCC2CC2)c1)c1cccc(CN(C(=O)O[C@H]2CN3CCC2CC3)c2ccccc2O)c1. The van der Waals surface area contributed by atoms with E-state index in [0.717, 1.165) is 38.8 Å². The number of benzene rings is 3. The van der Waals surface area contributed by atoms with Gasteiger partial charge in [0, 0.05) is 18.5 Å². The highest BCUT2D eigenvalue weighted by molar-refractivity contribution is 6.35. The largest absolute Gasteiger partial charge is 0.506 e. The van der Waals surface area contributed by atoms with Gasteiger partial charge in [-0.15, -0.1) is 0 Å². The number of rotatable bonds is 14. The number of aromatic hydroxyl groups is 1. The smallest absolute Gasteiger partial charge is 0.415 e. The Kier molecular flexibility index (Phi) is 11.7. The van der Waals surface area contributed by atoms with Gasteiger partial charge in [-0.05, 0) is 98.1 Å². The van der Waals surface area contributed by atoms with Crippen molar-refractivity contribution in [1.29, 1.82) is 0 Å². The number of alkyl halides is 2. The summed E-state index contributed by atoms with van der Waals surface area (Å²) in [6.45, 7) is -0.102. The van der Waals surface area contributed by atoms with Gasteiger partial charge in [0.25, 0.3) is 0 Å². The molecule has 0 spiro atoms. The Bertz CT molecular complexity index is 1960. The Labute approximate surface area is 321 Å². The Morgan fingerprint density at radius 3 is 2.39 bits per heavy atom. The zero-order valence-corrected chi connectivity index (χ0v) is 30.8. The first-order chi connectivity index (χ1) is 26.1. The number of pyridine rings is 1. The number of halogens is 4. The second kappa shape index (κ2) is 16.8. The third kappa shape index (κ3) is 9.17. The number of piperidine rings is 3. The van der Waals surface area contributed by atoms with Crippen molar-refractivity contribution in [2.45, 2.75) is 57.5 Å². The summed E-state index contributed by atoms with van der Waals surface area (Å²) in [6, 6.07) is 17.5. The van der Waals surface area contributed by atoms with Gasteiger partial charge in [0.15, 0.2) is 23.9 Å². The Morgan fingerprint density at radius 2 is 1.70 bits per heavy atom. The molecule has 4 aliphatic rings. The van der Waals surface area contributed by atoms with Gasteiger partial charge in [-0.2, -0.15) is 8.78 Å². The average molecular weight is 784 g/mol. The third-order valence-electron chi connectivity index (χ3n) is 10.1. The lowest BCUT2D eigenvalue weighted by Gasteiger charge is -2.44. The molecule has 2 N–H and O–H groups in total. The molecule has 284 valence electrons. The van der Waals surface area contributed by atoms with Crippen molar-refractivity contribution in [3.63, 3.8) is 0 Å². The van der Waals surface area contributed by atoms with Crippen LogP contribution in [0.25, 0.3) is 0 Å². The molecule has 1 aliphatic carbocycles. The molecule has 2 atom stereocenters. The maximum atomic E-state index is 13.9. The number of H-pyrrole nitrogens is 1. The van der Waals surface area contributed by atoms with E-state index in [1.807, 2.05) is 0 Å². The number of anilines is 1. The number of nitrogens with zero attached hydrogens (tertiary/aromatic N) is 2. The number of hydrogen-bond donors (Lipinski definition) is 1. The summed E-state index contributed by atoms with van der Waals surface area (Å²) in [5.41, 5.74) is 1.96. The Morgan fingerprint density at radius 1 is 0.944 bits per heavy atom. The number of phenols is 1. The molecule has 0 unspecified atom stereocenters. The number of phenolic OH excluding ortho intramolecular Hbond substituents is 1. The number of hydrogen-bond acceptors (Lipinski definition) is 8. The molecule has 54 heavy (non-hydrogen) atoms. The van der Waals surface area contributed by atoms with Gasteiger partial charge >= 0.3 is 18.7 Å². The standard InChI is InChI=1S/C40H39Cl2F2N3O7/c41-30-19-45-20-31(42)29(30)18-35(27-10-11-34(53-39(43)44)36(17-27)51-23-24-8-9-24)52-38(49)28-5-3-4-25(16-28)21-47(32-6-1-2-7-33(32)48)40(50)54-37-22-46-14-12-26(37)13-15-46/h1-7,10-11,16-17,19-20,24,26,35,37,39,48H,8-9,12-15,18,21-23H2/p+1/t35-,37-/m0/s1. The van der Waals surface area contributed by atoms with Gasteiger partial charge in [-0.25, -0.2) is 14.6 Å². The molecule has 1 saturated carbocycles. The van der Waals surface area contributed by atoms with Crippen molar-refractivity contribution >= 4 is 41.0 Å². The van der Waals surface area contributed by atoms with Crippen molar-refractivity contribution in [1.82, 2.24) is 4.90 Å². The third-order valence-corrected chi connectivity index (χ3v) is 10.8. The fourth-order valence-electron chi connectivity index (χ4n) is 6.96. The van der Waals surface area contributed by atoms with Gasteiger partial charge in [-0.1, -0.05) is 53.5 Å². The van der Waals surface area contributed by atoms with Gasteiger partial charge < -0.3 is 24.1 Å². The summed E-state index contributed by atoms with van der Waals surface area (Å²) < 4.78 is 49.4. The van der Waals surface area contributed by atoms with Crippen LogP contribution in [0.1, 0.15) is 58.8 Å². The van der Waals surface area contributed by atoms with E-state index in [-0.39, 0.29) is 53.5 Å². The van der Waals surface area contributed by atoms with Crippen LogP contribution in [-0.2, 0) is 22.4 Å². The molecular weight excluding hydrogens is 743 g/mol. The summed E-state index contributed by atoms with van der Waals surface area (Å²) in [7, 11) is 0. The summed E-state index contributed by atoms with van der Waals surface area (Å²) in [5, 5.41) is 11.4. The highest BCUT2D eigenvalue weighted by Crippen LogP contribution is 2.38. The van der Waals surface area contributed by atoms with Crippen molar-refractivity contribution in [2.75, 3.05) is 31.1 Å². The van der Waals surface area contributed by atoms with Crippen molar-refractivity contribution < 1.29 is 47.4 Å². The number of aromatic amines is 1. The number of amides is 1. The highest BCUT2D eigenvalue weighted by atomic mass is 35.5. The van der Waals surface area contributed by atoms with E-state index in [1.165, 1.54) is 29.2 Å². The lowest BCUT2D eigenvalue weighted by Crippen LogP contribution is -2.53. The fourth-order valence-corrected chi connectivity index (χ4v) is 7.49. The van der Waals surface area contributed by atoms with E-state index < -0.39 is 24.8 Å². The molecule has 4 aromatic rings. The number of nitrogens with one attached hydrogen (secondary N) is 1. The van der Waals surface area contributed by atoms with E-state index in [4.69, 9.17) is 42.1 Å². The number of carbonyl (C=O) groups is 2. The molecule has 3 aliphatic heterocycles. The minimum atomic E-state index is -3.07. The number of aromatic nitrogens is 1. The molecule has 8 rings (SSSR count). The van der Waals surface area contributed by atoms with Crippen LogP contribution >= 0.6 is 23.2 Å². The molecule has 3 aromatic carbocycles. The second-order valence-electron chi connectivity index (χ2n) is 13.9. The summed E-state index contributed by atoms with van der Waals surface area (Å²) >= 11 is 13.0.